The number of likely N-dealkylation sites (tertiary alicyclic amines) is 1. The zero-order valence-corrected chi connectivity index (χ0v) is 16.0. The Kier molecular flexibility index (Phi) is 6.83. The summed E-state index contributed by atoms with van der Waals surface area (Å²) in [4.78, 5) is 14.6. The molecule has 1 fully saturated rings. The third-order valence-electron chi connectivity index (χ3n) is 4.32. The highest BCUT2D eigenvalue weighted by atomic mass is 79.9. The summed E-state index contributed by atoms with van der Waals surface area (Å²) in [6.07, 6.45) is 5.59. The van der Waals surface area contributed by atoms with Crippen molar-refractivity contribution in [1.29, 1.82) is 0 Å². The largest absolute Gasteiger partial charge is 0.339 e. The van der Waals surface area contributed by atoms with E-state index >= 15 is 0 Å². The van der Waals surface area contributed by atoms with Gasteiger partial charge in [-0.2, -0.15) is 5.10 Å². The van der Waals surface area contributed by atoms with Crippen LogP contribution < -0.4 is 5.32 Å². The van der Waals surface area contributed by atoms with Crippen molar-refractivity contribution in [3.63, 3.8) is 0 Å². The Morgan fingerprint density at radius 3 is 2.58 bits per heavy atom. The van der Waals surface area contributed by atoms with Gasteiger partial charge in [-0.15, -0.1) is 12.4 Å². The van der Waals surface area contributed by atoms with E-state index in [9.17, 15) is 4.79 Å². The van der Waals surface area contributed by atoms with Crippen molar-refractivity contribution in [3.05, 3.63) is 46.7 Å². The minimum absolute atomic E-state index is 0. The third-order valence-corrected chi connectivity index (χ3v) is 4.84. The van der Waals surface area contributed by atoms with Crippen LogP contribution in [0, 0.1) is 5.92 Å². The Balaban J connectivity index is 0.00000208. The fraction of sp³-hybridized carbons (Fsp3) is 0.412. The summed E-state index contributed by atoms with van der Waals surface area (Å²) in [6, 6.07) is 7.86. The van der Waals surface area contributed by atoms with Crippen LogP contribution in [-0.2, 0) is 0 Å². The number of aromatic nitrogens is 2. The fourth-order valence-corrected chi connectivity index (χ4v) is 3.24. The molecule has 1 aromatic carbocycles. The van der Waals surface area contributed by atoms with E-state index < -0.39 is 0 Å². The molecule has 24 heavy (non-hydrogen) atoms. The predicted octanol–water partition coefficient (Wildman–Crippen LogP) is 3.13. The Morgan fingerprint density at radius 2 is 1.96 bits per heavy atom. The van der Waals surface area contributed by atoms with E-state index in [1.807, 2.05) is 42.4 Å². The molecule has 0 aliphatic carbocycles. The lowest BCUT2D eigenvalue weighted by Gasteiger charge is -2.31. The molecule has 0 spiro atoms. The molecule has 0 atom stereocenters. The number of carbonyl (C=O) groups is 1. The zero-order chi connectivity index (χ0) is 16.2. The highest BCUT2D eigenvalue weighted by Gasteiger charge is 2.24. The van der Waals surface area contributed by atoms with Gasteiger partial charge >= 0.3 is 0 Å². The molecule has 5 nitrogen and oxygen atoms in total. The number of rotatable bonds is 4. The second-order valence-electron chi connectivity index (χ2n) is 5.94. The minimum atomic E-state index is 0. The highest BCUT2D eigenvalue weighted by Crippen LogP contribution is 2.19. The van der Waals surface area contributed by atoms with Crippen LogP contribution in [0.15, 0.2) is 41.1 Å². The first-order valence-corrected chi connectivity index (χ1v) is 8.71. The topological polar surface area (TPSA) is 50.2 Å². The van der Waals surface area contributed by atoms with Crippen molar-refractivity contribution in [2.75, 3.05) is 26.7 Å². The maximum atomic E-state index is 12.6. The van der Waals surface area contributed by atoms with E-state index in [0.717, 1.165) is 42.6 Å². The number of hydrogen-bond donors (Lipinski definition) is 1. The molecule has 0 unspecified atom stereocenters. The fourth-order valence-electron chi connectivity index (χ4n) is 2.98. The number of carbonyl (C=O) groups excluding carboxylic acids is 1. The van der Waals surface area contributed by atoms with Crippen molar-refractivity contribution >= 4 is 34.2 Å². The molecule has 1 aliphatic heterocycles. The number of hydrogen-bond acceptors (Lipinski definition) is 3. The lowest BCUT2D eigenvalue weighted by Crippen LogP contribution is -2.40. The van der Waals surface area contributed by atoms with Crippen LogP contribution in [-0.4, -0.2) is 47.3 Å². The zero-order valence-electron chi connectivity index (χ0n) is 13.6. The van der Waals surface area contributed by atoms with Gasteiger partial charge in [0.1, 0.15) is 0 Å². The molecular weight excluding hydrogens is 392 g/mol. The number of benzene rings is 1. The van der Waals surface area contributed by atoms with E-state index in [1.54, 1.807) is 10.9 Å². The second-order valence-corrected chi connectivity index (χ2v) is 6.86. The Morgan fingerprint density at radius 1 is 1.29 bits per heavy atom. The van der Waals surface area contributed by atoms with Gasteiger partial charge in [0.2, 0.25) is 0 Å². The molecule has 2 aromatic rings. The predicted molar refractivity (Wildman–Crippen MR) is 101 cm³/mol. The lowest BCUT2D eigenvalue weighted by atomic mass is 9.96. The van der Waals surface area contributed by atoms with Gasteiger partial charge in [-0.25, -0.2) is 4.68 Å². The van der Waals surface area contributed by atoms with Crippen LogP contribution in [0.1, 0.15) is 23.2 Å². The van der Waals surface area contributed by atoms with Crippen molar-refractivity contribution in [2.45, 2.75) is 12.8 Å². The summed E-state index contributed by atoms with van der Waals surface area (Å²) in [7, 11) is 1.98. The molecule has 1 amide bonds. The summed E-state index contributed by atoms with van der Waals surface area (Å²) in [5.41, 5.74) is 1.60. The Hall–Kier alpha value is -1.37. The van der Waals surface area contributed by atoms with Crippen LogP contribution in [0.25, 0.3) is 5.69 Å². The Labute approximate surface area is 157 Å². The van der Waals surface area contributed by atoms with Gasteiger partial charge < -0.3 is 10.2 Å². The van der Waals surface area contributed by atoms with Crippen molar-refractivity contribution in [1.82, 2.24) is 20.0 Å². The van der Waals surface area contributed by atoms with E-state index in [1.165, 1.54) is 0 Å². The molecular formula is C17H22BrClN4O. The molecule has 7 heteroatoms. The number of halogens is 2. The number of nitrogens with zero attached hydrogens (tertiary/aromatic N) is 3. The van der Waals surface area contributed by atoms with E-state index in [2.05, 4.69) is 26.3 Å². The molecule has 1 N–H and O–H groups in total. The third kappa shape index (κ3) is 4.37. The van der Waals surface area contributed by atoms with Gasteiger partial charge in [-0.3, -0.25) is 4.79 Å². The van der Waals surface area contributed by atoms with Crippen LogP contribution in [0.2, 0.25) is 0 Å². The molecule has 0 bridgehead atoms. The van der Waals surface area contributed by atoms with Crippen molar-refractivity contribution < 1.29 is 4.79 Å². The summed E-state index contributed by atoms with van der Waals surface area (Å²) in [5, 5.41) is 7.54. The second kappa shape index (κ2) is 8.65. The monoisotopic (exact) mass is 412 g/mol. The SMILES string of the molecule is CNCC1CCN(C(=O)c2cnn(-c3ccc(Br)cc3)c2)CC1.Cl. The molecule has 1 aliphatic rings. The van der Waals surface area contributed by atoms with Crippen LogP contribution in [0.3, 0.4) is 0 Å². The van der Waals surface area contributed by atoms with Gasteiger partial charge in [0, 0.05) is 23.8 Å². The summed E-state index contributed by atoms with van der Waals surface area (Å²) in [5.74, 6) is 0.755. The minimum Gasteiger partial charge on any atom is -0.339 e. The average Bonchev–Trinajstić information content (AvgIpc) is 3.06. The van der Waals surface area contributed by atoms with Crippen LogP contribution in [0.5, 0.6) is 0 Å². The molecule has 0 radical (unpaired) electrons. The summed E-state index contributed by atoms with van der Waals surface area (Å²) < 4.78 is 2.77. The first-order chi connectivity index (χ1) is 11.2. The average molecular weight is 414 g/mol. The van der Waals surface area contributed by atoms with Gasteiger partial charge in [0.25, 0.3) is 5.91 Å². The molecule has 3 rings (SSSR count). The maximum Gasteiger partial charge on any atom is 0.257 e. The van der Waals surface area contributed by atoms with Gasteiger partial charge in [0.15, 0.2) is 0 Å². The molecule has 2 heterocycles. The molecule has 130 valence electrons. The van der Waals surface area contributed by atoms with E-state index in [0.29, 0.717) is 11.5 Å². The Bertz CT molecular complexity index is 665. The molecule has 0 saturated carbocycles. The smallest absolute Gasteiger partial charge is 0.257 e. The van der Waals surface area contributed by atoms with Crippen molar-refractivity contribution in [3.8, 4) is 5.69 Å². The summed E-state index contributed by atoms with van der Waals surface area (Å²) >= 11 is 3.42. The number of piperidine rings is 1. The number of nitrogens with one attached hydrogen (secondary N) is 1. The maximum absolute atomic E-state index is 12.6. The van der Waals surface area contributed by atoms with E-state index in [-0.39, 0.29) is 18.3 Å². The van der Waals surface area contributed by atoms with Gasteiger partial charge in [-0.1, -0.05) is 15.9 Å². The van der Waals surface area contributed by atoms with Crippen LogP contribution >= 0.6 is 28.3 Å². The van der Waals surface area contributed by atoms with E-state index in [4.69, 9.17) is 0 Å². The van der Waals surface area contributed by atoms with Crippen molar-refractivity contribution in [2.24, 2.45) is 5.92 Å². The van der Waals surface area contributed by atoms with Gasteiger partial charge in [0.05, 0.1) is 17.4 Å². The lowest BCUT2D eigenvalue weighted by molar-refractivity contribution is 0.0691. The highest BCUT2D eigenvalue weighted by molar-refractivity contribution is 9.10. The number of amides is 1. The molecule has 1 saturated heterocycles. The first-order valence-electron chi connectivity index (χ1n) is 7.92. The van der Waals surface area contributed by atoms with Gasteiger partial charge in [-0.05, 0) is 56.6 Å². The molecule has 1 aromatic heterocycles. The quantitative estimate of drug-likeness (QED) is 0.838. The van der Waals surface area contributed by atoms with Crippen LogP contribution in [0.4, 0.5) is 0 Å². The normalized spacial score (nSPS) is 15.2. The first kappa shape index (κ1) is 19.0. The standard InChI is InChI=1S/C17H21BrN4O.ClH/c1-19-10-13-6-8-21(9-7-13)17(23)14-11-20-22(12-14)16-4-2-15(18)3-5-16;/h2-5,11-13,19H,6-10H2,1H3;1H. The summed E-state index contributed by atoms with van der Waals surface area (Å²) in [6.45, 7) is 2.69.